The van der Waals surface area contributed by atoms with E-state index in [-0.39, 0.29) is 23.5 Å². The van der Waals surface area contributed by atoms with Crippen molar-refractivity contribution in [2.45, 2.75) is 19.4 Å². The molecule has 1 heterocycles. The molecule has 4 nitrogen and oxygen atoms in total. The van der Waals surface area contributed by atoms with Crippen molar-refractivity contribution < 1.29 is 4.79 Å². The van der Waals surface area contributed by atoms with Gasteiger partial charge < -0.3 is 11.1 Å². The van der Waals surface area contributed by atoms with Crippen molar-refractivity contribution in [3.05, 3.63) is 21.9 Å². The third-order valence-corrected chi connectivity index (χ3v) is 2.32. The minimum absolute atomic E-state index is 0.174. The number of nitrogens with zero attached hydrogens (tertiary/aromatic N) is 1. The molecule has 1 amide bonds. The average Bonchev–Trinajstić information content (AvgIpc) is 2.10. The van der Waals surface area contributed by atoms with Crippen LogP contribution in [0.1, 0.15) is 13.3 Å². The molecule has 15 heavy (non-hydrogen) atoms. The monoisotopic (exact) mass is 291 g/mol. The van der Waals surface area contributed by atoms with Gasteiger partial charge in [0.25, 0.3) is 0 Å². The van der Waals surface area contributed by atoms with Crippen molar-refractivity contribution >= 4 is 39.1 Å². The Balaban J connectivity index is 2.71. The van der Waals surface area contributed by atoms with E-state index in [1.54, 1.807) is 19.2 Å². The highest BCUT2D eigenvalue weighted by Crippen LogP contribution is 2.22. The fourth-order valence-electron chi connectivity index (χ4n) is 1.00. The Morgan fingerprint density at radius 3 is 3.07 bits per heavy atom. The highest BCUT2D eigenvalue weighted by atomic mass is 79.9. The number of halogens is 2. The molecule has 0 aromatic carbocycles. The quantitative estimate of drug-likeness (QED) is 0.839. The van der Waals surface area contributed by atoms with Gasteiger partial charge in [-0.25, -0.2) is 4.98 Å². The molecule has 1 aromatic rings. The average molecular weight is 293 g/mol. The summed E-state index contributed by atoms with van der Waals surface area (Å²) in [6.45, 7) is 1.76. The first kappa shape index (κ1) is 12.4. The van der Waals surface area contributed by atoms with Crippen LogP contribution in [0.25, 0.3) is 0 Å². The second-order valence-corrected chi connectivity index (χ2v) is 4.50. The number of aromatic nitrogens is 1. The molecule has 82 valence electrons. The molecule has 1 rings (SSSR count). The van der Waals surface area contributed by atoms with Gasteiger partial charge in [0, 0.05) is 23.1 Å². The summed E-state index contributed by atoms with van der Waals surface area (Å²) in [6, 6.07) is 1.51. The lowest BCUT2D eigenvalue weighted by atomic mass is 10.2. The second kappa shape index (κ2) is 5.44. The van der Waals surface area contributed by atoms with E-state index in [1.165, 1.54) is 0 Å². The number of carbonyl (C=O) groups is 1. The zero-order valence-electron chi connectivity index (χ0n) is 8.13. The molecule has 0 radical (unpaired) electrons. The highest BCUT2D eigenvalue weighted by molar-refractivity contribution is 9.10. The number of nitrogens with two attached hydrogens (primary N) is 1. The number of pyridine rings is 1. The number of carbonyl (C=O) groups excluding carboxylic acids is 1. The van der Waals surface area contributed by atoms with E-state index >= 15 is 0 Å². The summed E-state index contributed by atoms with van der Waals surface area (Å²) in [6.07, 6.45) is 1.81. The Morgan fingerprint density at radius 2 is 2.47 bits per heavy atom. The molecule has 1 aromatic heterocycles. The van der Waals surface area contributed by atoms with E-state index in [2.05, 4.69) is 26.2 Å². The first-order valence-electron chi connectivity index (χ1n) is 4.35. The summed E-state index contributed by atoms with van der Waals surface area (Å²) in [5, 5.41) is 2.90. The van der Waals surface area contributed by atoms with Gasteiger partial charge in [-0.2, -0.15) is 0 Å². The van der Waals surface area contributed by atoms with Crippen molar-refractivity contribution in [1.82, 2.24) is 4.98 Å². The molecule has 0 saturated heterocycles. The van der Waals surface area contributed by atoms with E-state index in [4.69, 9.17) is 17.3 Å². The normalized spacial score (nSPS) is 12.3. The van der Waals surface area contributed by atoms with Crippen LogP contribution in [0.4, 0.5) is 5.69 Å². The zero-order valence-corrected chi connectivity index (χ0v) is 10.5. The van der Waals surface area contributed by atoms with Gasteiger partial charge in [0.15, 0.2) is 5.15 Å². The SMILES string of the molecule is CC(N)CC(=O)Nc1cc(Br)cnc1Cl. The number of anilines is 1. The third kappa shape index (κ3) is 4.15. The lowest BCUT2D eigenvalue weighted by molar-refractivity contribution is -0.116. The molecule has 0 bridgehead atoms. The van der Waals surface area contributed by atoms with Gasteiger partial charge in [0.1, 0.15) is 0 Å². The van der Waals surface area contributed by atoms with E-state index in [1.807, 2.05) is 0 Å². The van der Waals surface area contributed by atoms with Gasteiger partial charge in [-0.3, -0.25) is 4.79 Å². The van der Waals surface area contributed by atoms with Crippen LogP contribution in [0.2, 0.25) is 5.15 Å². The molecule has 0 aliphatic carbocycles. The minimum Gasteiger partial charge on any atom is -0.327 e. The predicted octanol–water partition coefficient (Wildman–Crippen LogP) is 2.17. The van der Waals surface area contributed by atoms with Crippen LogP contribution in [0.3, 0.4) is 0 Å². The Labute approximate surface area is 101 Å². The summed E-state index contributed by atoms with van der Waals surface area (Å²) in [4.78, 5) is 15.3. The van der Waals surface area contributed by atoms with E-state index in [0.717, 1.165) is 4.47 Å². The molecule has 0 fully saturated rings. The van der Waals surface area contributed by atoms with Crippen LogP contribution >= 0.6 is 27.5 Å². The number of nitrogens with one attached hydrogen (secondary N) is 1. The number of amides is 1. The number of rotatable bonds is 3. The summed E-state index contributed by atoms with van der Waals surface area (Å²) in [5.74, 6) is -0.174. The number of hydrogen-bond donors (Lipinski definition) is 2. The molecule has 1 unspecified atom stereocenters. The fraction of sp³-hybridized carbons (Fsp3) is 0.333. The lowest BCUT2D eigenvalue weighted by Crippen LogP contribution is -2.24. The van der Waals surface area contributed by atoms with Crippen molar-refractivity contribution in [2.24, 2.45) is 5.73 Å². The topological polar surface area (TPSA) is 68.0 Å². The van der Waals surface area contributed by atoms with Crippen molar-refractivity contribution in [2.75, 3.05) is 5.32 Å². The summed E-state index contributed by atoms with van der Waals surface area (Å²) in [7, 11) is 0. The largest absolute Gasteiger partial charge is 0.327 e. The minimum atomic E-state index is -0.177. The van der Waals surface area contributed by atoms with Crippen LogP contribution in [0.5, 0.6) is 0 Å². The van der Waals surface area contributed by atoms with Crippen LogP contribution < -0.4 is 11.1 Å². The molecular weight excluding hydrogens is 281 g/mol. The first-order chi connectivity index (χ1) is 6.99. The zero-order chi connectivity index (χ0) is 11.4. The molecule has 1 atom stereocenters. The standard InChI is InChI=1S/C9H11BrClN3O/c1-5(12)2-8(15)14-7-3-6(10)4-13-9(7)11/h3-5H,2,12H2,1H3,(H,14,15). The van der Waals surface area contributed by atoms with Gasteiger partial charge >= 0.3 is 0 Å². The Bertz CT molecular complexity index is 370. The second-order valence-electron chi connectivity index (χ2n) is 3.22. The Hall–Kier alpha value is -0.650. The van der Waals surface area contributed by atoms with Crippen molar-refractivity contribution in [3.8, 4) is 0 Å². The summed E-state index contributed by atoms with van der Waals surface area (Å²) < 4.78 is 0.753. The van der Waals surface area contributed by atoms with Crippen LogP contribution in [0.15, 0.2) is 16.7 Å². The summed E-state index contributed by atoms with van der Waals surface area (Å²) >= 11 is 9.04. The number of hydrogen-bond acceptors (Lipinski definition) is 3. The maximum Gasteiger partial charge on any atom is 0.226 e. The molecule has 0 aliphatic rings. The lowest BCUT2D eigenvalue weighted by Gasteiger charge is -2.08. The maximum absolute atomic E-state index is 11.4. The van der Waals surface area contributed by atoms with Crippen LogP contribution in [-0.2, 0) is 4.79 Å². The first-order valence-corrected chi connectivity index (χ1v) is 5.52. The summed E-state index contributed by atoms with van der Waals surface area (Å²) in [5.41, 5.74) is 5.98. The van der Waals surface area contributed by atoms with Gasteiger partial charge in [0.2, 0.25) is 5.91 Å². The van der Waals surface area contributed by atoms with Crippen molar-refractivity contribution in [1.29, 1.82) is 0 Å². The van der Waals surface area contributed by atoms with Gasteiger partial charge in [-0.15, -0.1) is 0 Å². The fourth-order valence-corrected chi connectivity index (χ4v) is 1.49. The molecule has 3 N–H and O–H groups in total. The highest BCUT2D eigenvalue weighted by Gasteiger charge is 2.08. The maximum atomic E-state index is 11.4. The molecular formula is C9H11BrClN3O. The molecule has 0 saturated carbocycles. The van der Waals surface area contributed by atoms with E-state index in [9.17, 15) is 4.79 Å². The Kier molecular flexibility index (Phi) is 4.50. The van der Waals surface area contributed by atoms with Crippen molar-refractivity contribution in [3.63, 3.8) is 0 Å². The van der Waals surface area contributed by atoms with Gasteiger partial charge in [-0.1, -0.05) is 11.6 Å². The molecule has 6 heteroatoms. The molecule has 0 aliphatic heterocycles. The van der Waals surface area contributed by atoms with Gasteiger partial charge in [-0.05, 0) is 28.9 Å². The molecule has 0 spiro atoms. The smallest absolute Gasteiger partial charge is 0.226 e. The van der Waals surface area contributed by atoms with E-state index < -0.39 is 0 Å². The van der Waals surface area contributed by atoms with Crippen LogP contribution in [-0.4, -0.2) is 16.9 Å². The predicted molar refractivity (Wildman–Crippen MR) is 63.8 cm³/mol. The Morgan fingerprint density at radius 1 is 1.80 bits per heavy atom. The third-order valence-electron chi connectivity index (χ3n) is 1.59. The van der Waals surface area contributed by atoms with Crippen LogP contribution in [0, 0.1) is 0 Å². The van der Waals surface area contributed by atoms with Gasteiger partial charge in [0.05, 0.1) is 5.69 Å². The van der Waals surface area contributed by atoms with E-state index in [0.29, 0.717) is 5.69 Å².